The van der Waals surface area contributed by atoms with Gasteiger partial charge in [-0.2, -0.15) is 11.8 Å². The van der Waals surface area contributed by atoms with Crippen LogP contribution in [0.3, 0.4) is 0 Å². The highest BCUT2D eigenvalue weighted by Gasteiger charge is 2.09. The van der Waals surface area contributed by atoms with Crippen LogP contribution in [0.25, 0.3) is 0 Å². The molecular weight excluding hydrogens is 230 g/mol. The molecule has 0 spiro atoms. The average Bonchev–Trinajstić information content (AvgIpc) is 2.36. The van der Waals surface area contributed by atoms with E-state index in [-0.39, 0.29) is 0 Å². The van der Waals surface area contributed by atoms with Crippen molar-refractivity contribution in [3.05, 3.63) is 29.8 Å². The first-order chi connectivity index (χ1) is 8.31. The van der Waals surface area contributed by atoms with Gasteiger partial charge >= 0.3 is 0 Å². The first-order valence-corrected chi connectivity index (χ1v) is 7.66. The van der Waals surface area contributed by atoms with E-state index >= 15 is 0 Å². The summed E-state index contributed by atoms with van der Waals surface area (Å²) < 4.78 is 5.46. The van der Waals surface area contributed by atoms with Gasteiger partial charge in [0.05, 0.1) is 6.61 Å². The Hall–Kier alpha value is -0.670. The lowest BCUT2D eigenvalue weighted by Crippen LogP contribution is -2.21. The van der Waals surface area contributed by atoms with Gasteiger partial charge in [-0.3, -0.25) is 0 Å². The van der Waals surface area contributed by atoms with E-state index in [1.165, 1.54) is 17.7 Å². The van der Waals surface area contributed by atoms with Crippen molar-refractivity contribution in [2.24, 2.45) is 0 Å². The molecule has 0 amide bonds. The minimum Gasteiger partial charge on any atom is -0.494 e. The summed E-state index contributed by atoms with van der Waals surface area (Å²) in [5.74, 6) is 2.14. The third-order valence-electron chi connectivity index (χ3n) is 2.65. The summed E-state index contributed by atoms with van der Waals surface area (Å²) >= 11 is 1.90. The Kier molecular flexibility index (Phi) is 7.13. The molecule has 0 aliphatic rings. The van der Waals surface area contributed by atoms with E-state index in [0.29, 0.717) is 6.04 Å². The highest BCUT2D eigenvalue weighted by Crippen LogP contribution is 2.21. The molecule has 0 aliphatic heterocycles. The topological polar surface area (TPSA) is 21.3 Å². The first-order valence-electron chi connectivity index (χ1n) is 6.26. The lowest BCUT2D eigenvalue weighted by atomic mass is 10.0. The molecule has 0 bridgehead atoms. The van der Waals surface area contributed by atoms with Crippen molar-refractivity contribution >= 4 is 11.8 Å². The molecule has 3 heteroatoms. The van der Waals surface area contributed by atoms with Gasteiger partial charge < -0.3 is 10.1 Å². The molecule has 0 fully saturated rings. The number of hydrogen-bond donors (Lipinski definition) is 1. The van der Waals surface area contributed by atoms with Gasteiger partial charge in [-0.05, 0) is 49.6 Å². The zero-order valence-electron chi connectivity index (χ0n) is 11.0. The zero-order chi connectivity index (χ0) is 12.5. The minimum atomic E-state index is 0.461. The first kappa shape index (κ1) is 14.4. The van der Waals surface area contributed by atoms with Crippen molar-refractivity contribution in [1.29, 1.82) is 0 Å². The summed E-state index contributed by atoms with van der Waals surface area (Å²) in [7, 11) is 0. The lowest BCUT2D eigenvalue weighted by Gasteiger charge is -2.18. The number of rotatable bonds is 8. The van der Waals surface area contributed by atoms with Crippen molar-refractivity contribution in [2.75, 3.05) is 25.2 Å². The molecule has 96 valence electrons. The summed E-state index contributed by atoms with van der Waals surface area (Å²) in [6, 6.07) is 8.91. The van der Waals surface area contributed by atoms with Crippen LogP contribution in [-0.4, -0.2) is 25.2 Å². The molecular formula is C14H23NOS. The van der Waals surface area contributed by atoms with Crippen molar-refractivity contribution in [3.8, 4) is 5.75 Å². The number of nitrogens with one attached hydrogen (secondary N) is 1. The third kappa shape index (κ3) is 5.00. The Balaban J connectivity index is 2.65. The van der Waals surface area contributed by atoms with Crippen LogP contribution in [0.4, 0.5) is 0 Å². The fraction of sp³-hybridized carbons (Fsp3) is 0.571. The molecule has 2 nitrogen and oxygen atoms in total. The van der Waals surface area contributed by atoms with E-state index < -0.39 is 0 Å². The molecule has 0 aliphatic carbocycles. The van der Waals surface area contributed by atoms with Gasteiger partial charge in [0.15, 0.2) is 0 Å². The second-order valence-electron chi connectivity index (χ2n) is 3.89. The van der Waals surface area contributed by atoms with Crippen LogP contribution in [0.15, 0.2) is 24.3 Å². The third-order valence-corrected chi connectivity index (χ3v) is 3.30. The van der Waals surface area contributed by atoms with Crippen molar-refractivity contribution < 1.29 is 4.74 Å². The van der Waals surface area contributed by atoms with E-state index in [1.807, 2.05) is 18.7 Å². The van der Waals surface area contributed by atoms with Gasteiger partial charge in [-0.1, -0.05) is 19.1 Å². The smallest absolute Gasteiger partial charge is 0.119 e. The Morgan fingerprint density at radius 2 is 1.94 bits per heavy atom. The summed E-state index contributed by atoms with van der Waals surface area (Å²) in [5.41, 5.74) is 1.35. The minimum absolute atomic E-state index is 0.461. The van der Waals surface area contributed by atoms with E-state index in [4.69, 9.17) is 4.74 Å². The molecule has 0 aromatic heterocycles. The highest BCUT2D eigenvalue weighted by molar-refractivity contribution is 7.98. The van der Waals surface area contributed by atoms with Crippen LogP contribution in [-0.2, 0) is 0 Å². The fourth-order valence-electron chi connectivity index (χ4n) is 1.83. The normalized spacial score (nSPS) is 12.4. The van der Waals surface area contributed by atoms with Crippen LogP contribution in [0.2, 0.25) is 0 Å². The Morgan fingerprint density at radius 3 is 2.47 bits per heavy atom. The Bertz CT molecular complexity index is 300. The van der Waals surface area contributed by atoms with Crippen LogP contribution >= 0.6 is 11.8 Å². The maximum atomic E-state index is 5.46. The number of benzene rings is 1. The second-order valence-corrected chi connectivity index (χ2v) is 4.88. The van der Waals surface area contributed by atoms with Crippen LogP contribution in [0.1, 0.15) is 31.9 Å². The summed E-state index contributed by atoms with van der Waals surface area (Å²) in [6.45, 7) is 5.89. The largest absolute Gasteiger partial charge is 0.494 e. The van der Waals surface area contributed by atoms with Crippen LogP contribution in [0.5, 0.6) is 5.75 Å². The van der Waals surface area contributed by atoms with Gasteiger partial charge in [0.2, 0.25) is 0 Å². The SMILES string of the molecule is CCNC(CCSC)c1ccc(OCC)cc1. The van der Waals surface area contributed by atoms with Gasteiger partial charge in [0.1, 0.15) is 5.75 Å². The predicted octanol–water partition coefficient (Wildman–Crippen LogP) is 3.49. The molecule has 1 aromatic carbocycles. The lowest BCUT2D eigenvalue weighted by molar-refractivity contribution is 0.340. The average molecular weight is 253 g/mol. The fourth-order valence-corrected chi connectivity index (χ4v) is 2.30. The van der Waals surface area contributed by atoms with Crippen LogP contribution in [0, 0.1) is 0 Å². The number of ether oxygens (including phenoxy) is 1. The molecule has 0 radical (unpaired) electrons. The summed E-state index contributed by atoms with van der Waals surface area (Å²) in [6.07, 6.45) is 3.32. The van der Waals surface area contributed by atoms with E-state index in [0.717, 1.165) is 18.9 Å². The van der Waals surface area contributed by atoms with E-state index in [2.05, 4.69) is 42.8 Å². The molecule has 1 rings (SSSR count). The monoisotopic (exact) mass is 253 g/mol. The quantitative estimate of drug-likeness (QED) is 0.766. The second kappa shape index (κ2) is 8.43. The maximum absolute atomic E-state index is 5.46. The zero-order valence-corrected chi connectivity index (χ0v) is 11.8. The molecule has 0 heterocycles. The summed E-state index contributed by atoms with van der Waals surface area (Å²) in [4.78, 5) is 0. The van der Waals surface area contributed by atoms with Crippen molar-refractivity contribution in [3.63, 3.8) is 0 Å². The molecule has 0 saturated heterocycles. The molecule has 0 saturated carbocycles. The van der Waals surface area contributed by atoms with Gasteiger partial charge in [0.25, 0.3) is 0 Å². The predicted molar refractivity (Wildman–Crippen MR) is 77.0 cm³/mol. The molecule has 1 unspecified atom stereocenters. The molecule has 1 atom stereocenters. The molecule has 1 N–H and O–H groups in total. The van der Waals surface area contributed by atoms with Gasteiger partial charge in [0, 0.05) is 6.04 Å². The highest BCUT2D eigenvalue weighted by atomic mass is 32.2. The standard InChI is InChI=1S/C14H23NOS/c1-4-15-14(10-11-17-3)12-6-8-13(9-7-12)16-5-2/h6-9,14-15H,4-5,10-11H2,1-3H3. The Morgan fingerprint density at radius 1 is 1.24 bits per heavy atom. The van der Waals surface area contributed by atoms with Crippen molar-refractivity contribution in [2.45, 2.75) is 26.3 Å². The van der Waals surface area contributed by atoms with Gasteiger partial charge in [-0.15, -0.1) is 0 Å². The molecule has 1 aromatic rings. The van der Waals surface area contributed by atoms with E-state index in [9.17, 15) is 0 Å². The maximum Gasteiger partial charge on any atom is 0.119 e. The Labute approximate surface area is 109 Å². The number of thioether (sulfide) groups is 1. The number of hydrogen-bond acceptors (Lipinski definition) is 3. The molecule has 17 heavy (non-hydrogen) atoms. The van der Waals surface area contributed by atoms with Gasteiger partial charge in [-0.25, -0.2) is 0 Å². The van der Waals surface area contributed by atoms with E-state index in [1.54, 1.807) is 0 Å². The summed E-state index contributed by atoms with van der Waals surface area (Å²) in [5, 5.41) is 3.53. The van der Waals surface area contributed by atoms with Crippen molar-refractivity contribution in [1.82, 2.24) is 5.32 Å². The van der Waals surface area contributed by atoms with Crippen LogP contribution < -0.4 is 10.1 Å².